The van der Waals surface area contributed by atoms with Crippen molar-refractivity contribution in [2.75, 3.05) is 12.1 Å². The van der Waals surface area contributed by atoms with Crippen LogP contribution in [0.3, 0.4) is 0 Å². The monoisotopic (exact) mass is 428 g/mol. The minimum atomic E-state index is -0.131. The van der Waals surface area contributed by atoms with Crippen molar-refractivity contribution in [3.8, 4) is 17.1 Å². The van der Waals surface area contributed by atoms with Crippen LogP contribution >= 0.6 is 0 Å². The van der Waals surface area contributed by atoms with E-state index in [0.29, 0.717) is 24.7 Å². The van der Waals surface area contributed by atoms with Crippen LogP contribution in [0.4, 0.5) is 5.69 Å². The van der Waals surface area contributed by atoms with E-state index in [9.17, 15) is 4.79 Å². The molecule has 0 radical (unpaired) electrons. The highest BCUT2D eigenvalue weighted by Crippen LogP contribution is 2.20. The first-order valence-corrected chi connectivity index (χ1v) is 10.3. The van der Waals surface area contributed by atoms with Crippen LogP contribution in [0.25, 0.3) is 11.4 Å². The number of aryl methyl sites for hydroxylation is 1. The summed E-state index contributed by atoms with van der Waals surface area (Å²) in [7, 11) is 1.62. The molecule has 0 bridgehead atoms. The smallest absolute Gasteiger partial charge is 0.239 e. The number of rotatable bonds is 9. The number of benzene rings is 3. The Kier molecular flexibility index (Phi) is 6.77. The van der Waals surface area contributed by atoms with Crippen molar-refractivity contribution in [3.05, 3.63) is 96.4 Å². The van der Waals surface area contributed by atoms with Gasteiger partial charge >= 0.3 is 0 Å². The molecule has 1 amide bonds. The fourth-order valence-corrected chi connectivity index (χ4v) is 3.21. The molecule has 0 saturated carbocycles. The third-order valence-corrected chi connectivity index (χ3v) is 4.89. The van der Waals surface area contributed by atoms with E-state index in [1.165, 1.54) is 0 Å². The van der Waals surface area contributed by atoms with Gasteiger partial charge in [-0.05, 0) is 42.0 Å². The first-order valence-electron chi connectivity index (χ1n) is 10.3. The minimum absolute atomic E-state index is 0.131. The van der Waals surface area contributed by atoms with Gasteiger partial charge < -0.3 is 9.26 Å². The number of aromatic nitrogens is 2. The Labute approximate surface area is 186 Å². The lowest BCUT2D eigenvalue weighted by Gasteiger charge is -2.25. The number of ether oxygens (including phenoxy) is 1. The quantitative estimate of drug-likeness (QED) is 0.398. The maximum Gasteiger partial charge on any atom is 0.239 e. The van der Waals surface area contributed by atoms with Crippen molar-refractivity contribution in [1.82, 2.24) is 15.6 Å². The van der Waals surface area contributed by atoms with Crippen LogP contribution in [0.15, 0.2) is 89.5 Å². The molecule has 0 aliphatic rings. The number of hydrogen-bond donors (Lipinski definition) is 1. The molecule has 162 valence electrons. The van der Waals surface area contributed by atoms with Crippen LogP contribution in [-0.2, 0) is 17.8 Å². The molecule has 7 heteroatoms. The molecule has 0 fully saturated rings. The van der Waals surface area contributed by atoms with Gasteiger partial charge in [0, 0.05) is 18.4 Å². The second kappa shape index (κ2) is 10.3. The van der Waals surface area contributed by atoms with Gasteiger partial charge in [-0.25, -0.2) is 0 Å². The minimum Gasteiger partial charge on any atom is -0.497 e. The Morgan fingerprint density at radius 1 is 0.969 bits per heavy atom. The third-order valence-electron chi connectivity index (χ3n) is 4.89. The number of carbonyl (C=O) groups is 1. The Morgan fingerprint density at radius 3 is 2.34 bits per heavy atom. The van der Waals surface area contributed by atoms with E-state index in [1.54, 1.807) is 7.11 Å². The van der Waals surface area contributed by atoms with Crippen LogP contribution < -0.4 is 15.2 Å². The van der Waals surface area contributed by atoms with E-state index >= 15 is 0 Å². The number of amides is 1. The number of carbonyl (C=O) groups excluding carboxylic acids is 1. The Morgan fingerprint density at radius 2 is 1.66 bits per heavy atom. The Balaban J connectivity index is 1.37. The summed E-state index contributed by atoms with van der Waals surface area (Å²) < 4.78 is 10.5. The van der Waals surface area contributed by atoms with E-state index < -0.39 is 0 Å². The molecule has 0 saturated heterocycles. The van der Waals surface area contributed by atoms with E-state index in [0.717, 1.165) is 22.6 Å². The summed E-state index contributed by atoms with van der Waals surface area (Å²) in [5, 5.41) is 5.86. The van der Waals surface area contributed by atoms with Crippen LogP contribution in [0.5, 0.6) is 5.75 Å². The molecule has 0 unspecified atom stereocenters. The fourth-order valence-electron chi connectivity index (χ4n) is 3.21. The lowest BCUT2D eigenvalue weighted by molar-refractivity contribution is -0.121. The highest BCUT2D eigenvalue weighted by atomic mass is 16.5. The van der Waals surface area contributed by atoms with Gasteiger partial charge in [-0.3, -0.25) is 15.2 Å². The molecular formula is C25H24N4O3. The number of anilines is 1. The highest BCUT2D eigenvalue weighted by Gasteiger charge is 2.14. The number of nitrogens with zero attached hydrogens (tertiary/aromatic N) is 3. The van der Waals surface area contributed by atoms with Gasteiger partial charge in [0.15, 0.2) is 0 Å². The second-order valence-corrected chi connectivity index (χ2v) is 7.18. The van der Waals surface area contributed by atoms with Crippen LogP contribution in [-0.4, -0.2) is 23.2 Å². The molecular weight excluding hydrogens is 404 g/mol. The van der Waals surface area contributed by atoms with Crippen LogP contribution in [0.1, 0.15) is 17.9 Å². The van der Waals surface area contributed by atoms with E-state index in [2.05, 4.69) is 15.6 Å². The van der Waals surface area contributed by atoms with E-state index in [-0.39, 0.29) is 12.3 Å². The number of methoxy groups -OCH3 is 1. The van der Waals surface area contributed by atoms with E-state index in [1.807, 2.05) is 89.9 Å². The third kappa shape index (κ3) is 5.51. The van der Waals surface area contributed by atoms with Gasteiger partial charge in [-0.15, -0.1) is 0 Å². The highest BCUT2D eigenvalue weighted by molar-refractivity contribution is 5.78. The molecule has 1 N–H and O–H groups in total. The van der Waals surface area contributed by atoms with Crippen molar-refractivity contribution in [2.24, 2.45) is 0 Å². The van der Waals surface area contributed by atoms with Gasteiger partial charge in [0.05, 0.1) is 19.3 Å². The lowest BCUT2D eigenvalue weighted by atomic mass is 10.2. The Bertz CT molecular complexity index is 1130. The summed E-state index contributed by atoms with van der Waals surface area (Å²) in [6.45, 7) is 0.554. The van der Waals surface area contributed by atoms with Gasteiger partial charge in [-0.2, -0.15) is 4.98 Å². The number of hydrazine groups is 1. The first kappa shape index (κ1) is 21.1. The molecule has 4 rings (SSSR count). The summed E-state index contributed by atoms with van der Waals surface area (Å²) >= 11 is 0. The van der Waals surface area contributed by atoms with Crippen molar-refractivity contribution in [3.63, 3.8) is 0 Å². The van der Waals surface area contributed by atoms with Gasteiger partial charge in [0.25, 0.3) is 0 Å². The van der Waals surface area contributed by atoms with Crippen molar-refractivity contribution in [1.29, 1.82) is 0 Å². The molecule has 3 aromatic carbocycles. The topological polar surface area (TPSA) is 80.5 Å². The largest absolute Gasteiger partial charge is 0.497 e. The standard InChI is InChI=1S/C25H24N4O3/c1-31-22-14-12-20(13-15-22)25-26-24(32-28-25)17-16-23(30)27-29(21-10-6-3-7-11-21)18-19-8-4-2-5-9-19/h2-15H,16-18H2,1H3,(H,27,30). The number of hydrogen-bond acceptors (Lipinski definition) is 6. The van der Waals surface area contributed by atoms with Crippen LogP contribution in [0, 0.1) is 0 Å². The molecule has 1 heterocycles. The molecule has 4 aromatic rings. The second-order valence-electron chi connectivity index (χ2n) is 7.18. The maximum absolute atomic E-state index is 12.7. The average Bonchev–Trinajstić information content (AvgIpc) is 3.33. The van der Waals surface area contributed by atoms with Crippen molar-refractivity contribution >= 4 is 11.6 Å². The zero-order valence-electron chi connectivity index (χ0n) is 17.8. The van der Waals surface area contributed by atoms with Gasteiger partial charge in [0.2, 0.25) is 17.6 Å². The van der Waals surface area contributed by atoms with Crippen molar-refractivity contribution < 1.29 is 14.1 Å². The predicted octanol–water partition coefficient (Wildman–Crippen LogP) is 4.42. The van der Waals surface area contributed by atoms with Gasteiger partial charge in [0.1, 0.15) is 5.75 Å². The summed E-state index contributed by atoms with van der Waals surface area (Å²) in [4.78, 5) is 17.1. The molecule has 7 nitrogen and oxygen atoms in total. The number of nitrogens with one attached hydrogen (secondary N) is 1. The average molecular weight is 428 g/mol. The molecule has 0 atom stereocenters. The lowest BCUT2D eigenvalue weighted by Crippen LogP contribution is -2.42. The predicted molar refractivity (Wildman–Crippen MR) is 122 cm³/mol. The summed E-state index contributed by atoms with van der Waals surface area (Å²) in [5.74, 6) is 1.53. The van der Waals surface area contributed by atoms with E-state index in [4.69, 9.17) is 9.26 Å². The maximum atomic E-state index is 12.7. The molecule has 32 heavy (non-hydrogen) atoms. The molecule has 0 aliphatic heterocycles. The number of para-hydroxylation sites is 1. The normalized spacial score (nSPS) is 10.5. The molecule has 1 aromatic heterocycles. The SMILES string of the molecule is COc1ccc(-c2noc(CCC(=O)NN(Cc3ccccc3)c3ccccc3)n2)cc1. The zero-order chi connectivity index (χ0) is 22.2. The summed E-state index contributed by atoms with van der Waals surface area (Å²) in [5.41, 5.74) is 5.82. The fraction of sp³-hybridized carbons (Fsp3) is 0.160. The summed E-state index contributed by atoms with van der Waals surface area (Å²) in [6.07, 6.45) is 0.575. The van der Waals surface area contributed by atoms with Gasteiger partial charge in [-0.1, -0.05) is 53.7 Å². The van der Waals surface area contributed by atoms with Crippen molar-refractivity contribution in [2.45, 2.75) is 19.4 Å². The van der Waals surface area contributed by atoms with Crippen LogP contribution in [0.2, 0.25) is 0 Å². The first-order chi connectivity index (χ1) is 15.7. The zero-order valence-corrected chi connectivity index (χ0v) is 17.8. The Hall–Kier alpha value is -4.13. The molecule has 0 spiro atoms. The summed E-state index contributed by atoms with van der Waals surface area (Å²) in [6, 6.07) is 27.1. The molecule has 0 aliphatic carbocycles.